The largest absolute Gasteiger partial charge is 0.492 e. The van der Waals surface area contributed by atoms with Gasteiger partial charge < -0.3 is 9.84 Å². The number of aliphatic carboxylic acids is 1. The summed E-state index contributed by atoms with van der Waals surface area (Å²) in [5.41, 5.74) is 0.0685. The van der Waals surface area contributed by atoms with Crippen LogP contribution in [0.15, 0.2) is 24.3 Å². The number of carbonyl (C=O) groups is 1. The van der Waals surface area contributed by atoms with Gasteiger partial charge in [-0.3, -0.25) is 4.79 Å². The van der Waals surface area contributed by atoms with Crippen molar-refractivity contribution in [2.45, 2.75) is 19.3 Å². The lowest BCUT2D eigenvalue weighted by Crippen LogP contribution is -2.41. The zero-order valence-electron chi connectivity index (χ0n) is 9.48. The summed E-state index contributed by atoms with van der Waals surface area (Å²) in [5.74, 6) is 2.45. The highest BCUT2D eigenvalue weighted by Gasteiger charge is 2.42. The summed E-state index contributed by atoms with van der Waals surface area (Å²) >= 11 is 0. The zero-order valence-corrected chi connectivity index (χ0v) is 9.48. The molecule has 17 heavy (non-hydrogen) atoms. The molecule has 3 heteroatoms. The lowest BCUT2D eigenvalue weighted by molar-refractivity contribution is -0.152. The molecule has 0 bridgehead atoms. The Morgan fingerprint density at radius 1 is 1.53 bits per heavy atom. The van der Waals surface area contributed by atoms with E-state index in [1.165, 1.54) is 0 Å². The predicted octanol–water partition coefficient (Wildman–Crippen LogP) is 2.11. The first-order valence-electron chi connectivity index (χ1n) is 5.55. The molecular weight excluding hydrogens is 216 g/mol. The highest BCUT2D eigenvalue weighted by Crippen LogP contribution is 2.37. The first kappa shape index (κ1) is 11.5. The van der Waals surface area contributed by atoms with Gasteiger partial charge in [-0.2, -0.15) is 0 Å². The van der Waals surface area contributed by atoms with Gasteiger partial charge in [-0.15, -0.1) is 12.3 Å². The minimum absolute atomic E-state index is 0.195. The Morgan fingerprint density at radius 3 is 3.00 bits per heavy atom. The number of fused-ring (bicyclic) bond motifs is 1. The molecule has 0 saturated heterocycles. The molecule has 3 nitrogen and oxygen atoms in total. The van der Waals surface area contributed by atoms with E-state index in [0.717, 1.165) is 11.3 Å². The number of terminal acetylenes is 1. The molecule has 1 atom stereocenters. The van der Waals surface area contributed by atoms with E-state index in [0.29, 0.717) is 19.3 Å². The standard InChI is InChI=1S/C14H14O3/c1-2-3-8-14(13(15)16)9-11-6-4-5-7-12(11)17-10-14/h1,4-7H,3,8-10H2,(H,15,16). The number of hydrogen-bond donors (Lipinski definition) is 1. The van der Waals surface area contributed by atoms with Crippen LogP contribution < -0.4 is 4.74 Å². The van der Waals surface area contributed by atoms with Crippen molar-refractivity contribution in [1.82, 2.24) is 0 Å². The second kappa shape index (κ2) is 4.50. The van der Waals surface area contributed by atoms with Crippen LogP contribution in [0.2, 0.25) is 0 Å². The maximum Gasteiger partial charge on any atom is 0.313 e. The number of hydrogen-bond acceptors (Lipinski definition) is 2. The molecule has 1 aromatic rings. The Balaban J connectivity index is 2.28. The van der Waals surface area contributed by atoms with E-state index in [4.69, 9.17) is 11.2 Å². The maximum atomic E-state index is 11.4. The molecule has 1 aliphatic heterocycles. The molecule has 1 heterocycles. The first-order valence-corrected chi connectivity index (χ1v) is 5.55. The third kappa shape index (κ3) is 2.12. The molecule has 2 rings (SSSR count). The number of benzene rings is 1. The normalized spacial score (nSPS) is 22.1. The summed E-state index contributed by atoms with van der Waals surface area (Å²) in [6, 6.07) is 7.54. The summed E-state index contributed by atoms with van der Waals surface area (Å²) in [6.45, 7) is 0.195. The highest BCUT2D eigenvalue weighted by atomic mass is 16.5. The van der Waals surface area contributed by atoms with Gasteiger partial charge in [0.25, 0.3) is 0 Å². The summed E-state index contributed by atoms with van der Waals surface area (Å²) in [4.78, 5) is 11.4. The van der Waals surface area contributed by atoms with E-state index < -0.39 is 11.4 Å². The van der Waals surface area contributed by atoms with Crippen LogP contribution in [-0.2, 0) is 11.2 Å². The second-order valence-corrected chi connectivity index (χ2v) is 4.36. The Hall–Kier alpha value is -1.95. The summed E-state index contributed by atoms with van der Waals surface area (Å²) in [5, 5.41) is 9.39. The van der Waals surface area contributed by atoms with Crippen molar-refractivity contribution < 1.29 is 14.6 Å². The highest BCUT2D eigenvalue weighted by molar-refractivity contribution is 5.76. The molecule has 1 unspecified atom stereocenters. The van der Waals surface area contributed by atoms with Crippen molar-refractivity contribution in [2.24, 2.45) is 5.41 Å². The Kier molecular flexibility index (Phi) is 3.06. The monoisotopic (exact) mass is 230 g/mol. The van der Waals surface area contributed by atoms with E-state index in [-0.39, 0.29) is 6.61 Å². The van der Waals surface area contributed by atoms with Crippen molar-refractivity contribution >= 4 is 5.97 Å². The molecule has 0 fully saturated rings. The summed E-state index contributed by atoms with van der Waals surface area (Å²) < 4.78 is 5.55. The average Bonchev–Trinajstić information content (AvgIpc) is 2.36. The van der Waals surface area contributed by atoms with Gasteiger partial charge in [0.05, 0.1) is 0 Å². The van der Waals surface area contributed by atoms with E-state index in [2.05, 4.69) is 5.92 Å². The fraction of sp³-hybridized carbons (Fsp3) is 0.357. The minimum atomic E-state index is -0.874. The number of para-hydroxylation sites is 1. The fourth-order valence-corrected chi connectivity index (χ4v) is 2.14. The number of ether oxygens (including phenoxy) is 1. The van der Waals surface area contributed by atoms with Gasteiger partial charge in [0.15, 0.2) is 0 Å². The maximum absolute atomic E-state index is 11.4. The van der Waals surface area contributed by atoms with Crippen LogP contribution in [-0.4, -0.2) is 17.7 Å². The molecule has 0 saturated carbocycles. The number of rotatable bonds is 3. The van der Waals surface area contributed by atoms with Crippen LogP contribution in [0, 0.1) is 17.8 Å². The van der Waals surface area contributed by atoms with Crippen molar-refractivity contribution in [3.8, 4) is 18.1 Å². The topological polar surface area (TPSA) is 46.5 Å². The average molecular weight is 230 g/mol. The van der Waals surface area contributed by atoms with Crippen LogP contribution in [0.25, 0.3) is 0 Å². The van der Waals surface area contributed by atoms with Crippen molar-refractivity contribution in [1.29, 1.82) is 0 Å². The molecular formula is C14H14O3. The van der Waals surface area contributed by atoms with Gasteiger partial charge in [-0.1, -0.05) is 18.2 Å². The lowest BCUT2D eigenvalue weighted by Gasteiger charge is -2.34. The van der Waals surface area contributed by atoms with Crippen molar-refractivity contribution in [2.75, 3.05) is 6.61 Å². The summed E-state index contributed by atoms with van der Waals surface area (Å²) in [7, 11) is 0. The first-order chi connectivity index (χ1) is 8.18. The van der Waals surface area contributed by atoms with Gasteiger partial charge in [-0.05, 0) is 24.5 Å². The smallest absolute Gasteiger partial charge is 0.313 e. The molecule has 0 amide bonds. The van der Waals surface area contributed by atoms with Crippen molar-refractivity contribution in [3.63, 3.8) is 0 Å². The predicted molar refractivity (Wildman–Crippen MR) is 63.8 cm³/mol. The summed E-state index contributed by atoms with van der Waals surface area (Å²) in [6.07, 6.45) is 6.61. The van der Waals surface area contributed by atoms with Gasteiger partial charge >= 0.3 is 5.97 Å². The third-order valence-electron chi connectivity index (χ3n) is 3.21. The minimum Gasteiger partial charge on any atom is -0.492 e. The quantitative estimate of drug-likeness (QED) is 0.809. The molecule has 1 aliphatic rings. The molecule has 0 aromatic heterocycles. The number of carboxylic acids is 1. The molecule has 1 N–H and O–H groups in total. The third-order valence-corrected chi connectivity index (χ3v) is 3.21. The van der Waals surface area contributed by atoms with Crippen LogP contribution in [0.3, 0.4) is 0 Å². The second-order valence-electron chi connectivity index (χ2n) is 4.36. The van der Waals surface area contributed by atoms with Crippen molar-refractivity contribution in [3.05, 3.63) is 29.8 Å². The zero-order chi connectivity index (χ0) is 12.3. The fourth-order valence-electron chi connectivity index (χ4n) is 2.14. The SMILES string of the molecule is C#CCCC1(C(=O)O)COc2ccccc2C1. The van der Waals surface area contributed by atoms with Gasteiger partial charge in [0, 0.05) is 6.42 Å². The molecule has 0 aliphatic carbocycles. The lowest BCUT2D eigenvalue weighted by atomic mass is 9.77. The van der Waals surface area contributed by atoms with E-state index in [1.807, 2.05) is 24.3 Å². The Morgan fingerprint density at radius 2 is 2.29 bits per heavy atom. The molecule has 0 spiro atoms. The Bertz CT molecular complexity index is 473. The van der Waals surface area contributed by atoms with Gasteiger partial charge in [0.2, 0.25) is 0 Å². The van der Waals surface area contributed by atoms with Crippen LogP contribution >= 0.6 is 0 Å². The van der Waals surface area contributed by atoms with Crippen LogP contribution in [0.5, 0.6) is 5.75 Å². The molecule has 0 radical (unpaired) electrons. The van der Waals surface area contributed by atoms with E-state index >= 15 is 0 Å². The molecule has 88 valence electrons. The van der Waals surface area contributed by atoms with Crippen LogP contribution in [0.4, 0.5) is 0 Å². The number of carboxylic acid groups (broad SMARTS) is 1. The van der Waals surface area contributed by atoms with Gasteiger partial charge in [0.1, 0.15) is 17.8 Å². The van der Waals surface area contributed by atoms with Crippen LogP contribution in [0.1, 0.15) is 18.4 Å². The van der Waals surface area contributed by atoms with Gasteiger partial charge in [-0.25, -0.2) is 0 Å². The molecule has 1 aromatic carbocycles. The van der Waals surface area contributed by atoms with E-state index in [1.54, 1.807) is 0 Å². The van der Waals surface area contributed by atoms with E-state index in [9.17, 15) is 9.90 Å². The Labute approximate surface area is 100 Å².